The third-order valence-corrected chi connectivity index (χ3v) is 4.76. The lowest BCUT2D eigenvalue weighted by atomic mass is 9.78. The Morgan fingerprint density at radius 2 is 1.77 bits per heavy atom. The Bertz CT molecular complexity index is 613. The van der Waals surface area contributed by atoms with E-state index in [0.717, 1.165) is 5.02 Å². The van der Waals surface area contributed by atoms with Gasteiger partial charge in [0.2, 0.25) is 0 Å². The van der Waals surface area contributed by atoms with Crippen LogP contribution in [0.3, 0.4) is 0 Å². The van der Waals surface area contributed by atoms with E-state index in [1.54, 1.807) is 0 Å². The first-order chi connectivity index (χ1) is 10.7. The molecule has 0 aromatic heterocycles. The summed E-state index contributed by atoms with van der Waals surface area (Å²) in [5.74, 6) is 1.01. The summed E-state index contributed by atoms with van der Waals surface area (Å²) in [5.41, 5.74) is 5.72. The zero-order valence-electron chi connectivity index (χ0n) is 14.2. The highest BCUT2D eigenvalue weighted by Crippen LogP contribution is 2.38. The SMILES string of the molecule is CC.CC(C)c1cc([C@@H]2CCCc3ccccc32)ccc1Cl. The van der Waals surface area contributed by atoms with E-state index in [1.165, 1.54) is 41.5 Å². The van der Waals surface area contributed by atoms with Gasteiger partial charge in [0.1, 0.15) is 0 Å². The third kappa shape index (κ3) is 3.55. The Balaban J connectivity index is 0.000000847. The van der Waals surface area contributed by atoms with Gasteiger partial charge in [0.25, 0.3) is 0 Å². The molecule has 3 rings (SSSR count). The Hall–Kier alpha value is -1.27. The molecule has 0 nitrogen and oxygen atoms in total. The van der Waals surface area contributed by atoms with Crippen molar-refractivity contribution in [2.45, 2.75) is 58.8 Å². The summed E-state index contributed by atoms with van der Waals surface area (Å²) in [5, 5.41) is 0.896. The van der Waals surface area contributed by atoms with Crippen LogP contribution in [0, 0.1) is 0 Å². The Labute approximate surface area is 140 Å². The molecule has 0 aliphatic heterocycles. The molecule has 0 bridgehead atoms. The molecule has 0 spiro atoms. The molecule has 1 aliphatic carbocycles. The molecule has 0 unspecified atom stereocenters. The minimum absolute atomic E-state index is 0.473. The summed E-state index contributed by atoms with van der Waals surface area (Å²) >= 11 is 6.33. The highest BCUT2D eigenvalue weighted by atomic mass is 35.5. The van der Waals surface area contributed by atoms with Gasteiger partial charge in [-0.2, -0.15) is 0 Å². The molecule has 0 heterocycles. The van der Waals surface area contributed by atoms with Crippen LogP contribution in [0.4, 0.5) is 0 Å². The molecule has 0 N–H and O–H groups in total. The second-order valence-electron chi connectivity index (χ2n) is 6.08. The van der Waals surface area contributed by atoms with Gasteiger partial charge in [-0.05, 0) is 53.5 Å². The topological polar surface area (TPSA) is 0 Å². The maximum atomic E-state index is 6.33. The number of fused-ring (bicyclic) bond motifs is 1. The van der Waals surface area contributed by atoms with E-state index in [-0.39, 0.29) is 0 Å². The van der Waals surface area contributed by atoms with Gasteiger partial charge in [0, 0.05) is 10.9 Å². The van der Waals surface area contributed by atoms with E-state index < -0.39 is 0 Å². The van der Waals surface area contributed by atoms with E-state index in [2.05, 4.69) is 56.3 Å². The summed E-state index contributed by atoms with van der Waals surface area (Å²) in [6, 6.07) is 15.5. The number of hydrogen-bond acceptors (Lipinski definition) is 0. The van der Waals surface area contributed by atoms with E-state index >= 15 is 0 Å². The molecule has 118 valence electrons. The average Bonchev–Trinajstić information content (AvgIpc) is 2.56. The zero-order chi connectivity index (χ0) is 16.1. The van der Waals surface area contributed by atoms with Crippen LogP contribution in [0.25, 0.3) is 0 Å². The first-order valence-electron chi connectivity index (χ1n) is 8.54. The van der Waals surface area contributed by atoms with Crippen LogP contribution in [0.15, 0.2) is 42.5 Å². The predicted molar refractivity (Wildman–Crippen MR) is 98.1 cm³/mol. The molecule has 2 aromatic rings. The molecule has 0 amide bonds. The molecular weight excluding hydrogens is 288 g/mol. The van der Waals surface area contributed by atoms with Gasteiger partial charge in [-0.3, -0.25) is 0 Å². The monoisotopic (exact) mass is 314 g/mol. The van der Waals surface area contributed by atoms with E-state index in [4.69, 9.17) is 11.6 Å². The number of halogens is 1. The minimum atomic E-state index is 0.473. The molecule has 1 aliphatic rings. The zero-order valence-corrected chi connectivity index (χ0v) is 15.0. The fourth-order valence-electron chi connectivity index (χ4n) is 3.32. The van der Waals surface area contributed by atoms with Gasteiger partial charge < -0.3 is 0 Å². The summed E-state index contributed by atoms with van der Waals surface area (Å²) in [4.78, 5) is 0. The lowest BCUT2D eigenvalue weighted by Gasteiger charge is -2.26. The van der Waals surface area contributed by atoms with Gasteiger partial charge >= 0.3 is 0 Å². The molecule has 22 heavy (non-hydrogen) atoms. The smallest absolute Gasteiger partial charge is 0.0440 e. The van der Waals surface area contributed by atoms with Crippen LogP contribution in [0.5, 0.6) is 0 Å². The summed E-state index contributed by atoms with van der Waals surface area (Å²) in [6.07, 6.45) is 3.74. The van der Waals surface area contributed by atoms with Crippen molar-refractivity contribution in [2.24, 2.45) is 0 Å². The first kappa shape index (κ1) is 17.1. The molecular formula is C21H27Cl. The second kappa shape index (κ2) is 7.83. The lowest BCUT2D eigenvalue weighted by Crippen LogP contribution is -2.11. The fourth-order valence-corrected chi connectivity index (χ4v) is 3.66. The van der Waals surface area contributed by atoms with Crippen LogP contribution in [0.2, 0.25) is 5.02 Å². The lowest BCUT2D eigenvalue weighted by molar-refractivity contribution is 0.615. The maximum Gasteiger partial charge on any atom is 0.0440 e. The quantitative estimate of drug-likeness (QED) is 0.562. The van der Waals surface area contributed by atoms with Gasteiger partial charge in [-0.25, -0.2) is 0 Å². The Kier molecular flexibility index (Phi) is 6.08. The van der Waals surface area contributed by atoms with Gasteiger partial charge in [-0.1, -0.05) is 75.7 Å². The van der Waals surface area contributed by atoms with Crippen molar-refractivity contribution >= 4 is 11.6 Å². The molecule has 0 fully saturated rings. The predicted octanol–water partition coefficient (Wildman–Crippen LogP) is 6.96. The third-order valence-electron chi connectivity index (χ3n) is 4.41. The van der Waals surface area contributed by atoms with Crippen LogP contribution in [0.1, 0.15) is 74.6 Å². The average molecular weight is 315 g/mol. The summed E-state index contributed by atoms with van der Waals surface area (Å²) in [6.45, 7) is 8.42. The molecule has 2 aromatic carbocycles. The molecule has 0 saturated heterocycles. The van der Waals surface area contributed by atoms with Crippen molar-refractivity contribution in [1.29, 1.82) is 0 Å². The second-order valence-corrected chi connectivity index (χ2v) is 6.49. The summed E-state index contributed by atoms with van der Waals surface area (Å²) < 4.78 is 0. The van der Waals surface area contributed by atoms with E-state index in [1.807, 2.05) is 13.8 Å². The number of rotatable bonds is 2. The van der Waals surface area contributed by atoms with E-state index in [9.17, 15) is 0 Å². The van der Waals surface area contributed by atoms with Gasteiger partial charge in [0.15, 0.2) is 0 Å². The number of benzene rings is 2. The Morgan fingerprint density at radius 3 is 2.50 bits per heavy atom. The number of aryl methyl sites for hydroxylation is 1. The van der Waals surface area contributed by atoms with E-state index in [0.29, 0.717) is 11.8 Å². The van der Waals surface area contributed by atoms with Crippen molar-refractivity contribution in [3.05, 3.63) is 69.7 Å². The minimum Gasteiger partial charge on any atom is -0.0840 e. The molecule has 1 heteroatoms. The number of hydrogen-bond donors (Lipinski definition) is 0. The highest BCUT2D eigenvalue weighted by molar-refractivity contribution is 6.31. The van der Waals surface area contributed by atoms with Crippen LogP contribution in [-0.4, -0.2) is 0 Å². The van der Waals surface area contributed by atoms with Crippen molar-refractivity contribution in [1.82, 2.24) is 0 Å². The fraction of sp³-hybridized carbons (Fsp3) is 0.429. The molecule has 1 atom stereocenters. The van der Waals surface area contributed by atoms with Crippen LogP contribution < -0.4 is 0 Å². The first-order valence-corrected chi connectivity index (χ1v) is 8.91. The maximum absolute atomic E-state index is 6.33. The standard InChI is InChI=1S/C19H21Cl.C2H6/c1-13(2)18-12-15(10-11-19(18)20)17-9-5-7-14-6-3-4-8-16(14)17;1-2/h3-4,6,8,10-13,17H,5,7,9H2,1-2H3;1-2H3/t17-;/m0./s1. The van der Waals surface area contributed by atoms with Crippen LogP contribution in [-0.2, 0) is 6.42 Å². The van der Waals surface area contributed by atoms with Crippen molar-refractivity contribution < 1.29 is 0 Å². The largest absolute Gasteiger partial charge is 0.0840 e. The van der Waals surface area contributed by atoms with Gasteiger partial charge in [-0.15, -0.1) is 0 Å². The van der Waals surface area contributed by atoms with Gasteiger partial charge in [0.05, 0.1) is 0 Å². The Morgan fingerprint density at radius 1 is 1.05 bits per heavy atom. The highest BCUT2D eigenvalue weighted by Gasteiger charge is 2.22. The normalized spacial score (nSPS) is 16.7. The van der Waals surface area contributed by atoms with Crippen LogP contribution >= 0.6 is 11.6 Å². The van der Waals surface area contributed by atoms with Crippen molar-refractivity contribution in [2.75, 3.05) is 0 Å². The van der Waals surface area contributed by atoms with Crippen molar-refractivity contribution in [3.8, 4) is 0 Å². The summed E-state index contributed by atoms with van der Waals surface area (Å²) in [7, 11) is 0. The molecule has 0 radical (unpaired) electrons. The molecule has 0 saturated carbocycles. The van der Waals surface area contributed by atoms with Crippen molar-refractivity contribution in [3.63, 3.8) is 0 Å².